The number of aromatic carboxylic acids is 1. The molecular formula is C8H6ClN3O2. The van der Waals surface area contributed by atoms with E-state index < -0.39 is 5.97 Å². The van der Waals surface area contributed by atoms with Crippen LogP contribution in [0, 0.1) is 6.92 Å². The van der Waals surface area contributed by atoms with E-state index in [1.54, 1.807) is 6.92 Å². The maximum atomic E-state index is 10.6. The van der Waals surface area contributed by atoms with Crippen molar-refractivity contribution < 1.29 is 9.90 Å². The molecule has 0 saturated heterocycles. The molecule has 0 saturated carbocycles. The lowest BCUT2D eigenvalue weighted by molar-refractivity contribution is 0.0696. The number of carboxylic acid groups (broad SMARTS) is 1. The fraction of sp³-hybridized carbons (Fsp3) is 0.125. The van der Waals surface area contributed by atoms with E-state index in [1.165, 1.54) is 16.8 Å². The van der Waals surface area contributed by atoms with Gasteiger partial charge in [-0.2, -0.15) is 0 Å². The van der Waals surface area contributed by atoms with Gasteiger partial charge in [-0.15, -0.1) is 0 Å². The van der Waals surface area contributed by atoms with Gasteiger partial charge < -0.3 is 5.11 Å². The zero-order valence-electron chi connectivity index (χ0n) is 7.23. The normalized spacial score (nSPS) is 10.7. The van der Waals surface area contributed by atoms with Crippen LogP contribution >= 0.6 is 11.6 Å². The Kier molecular flexibility index (Phi) is 1.89. The number of hydrogen-bond acceptors (Lipinski definition) is 3. The van der Waals surface area contributed by atoms with E-state index in [2.05, 4.69) is 9.97 Å². The first-order chi connectivity index (χ1) is 6.59. The fourth-order valence-electron chi connectivity index (χ4n) is 1.13. The highest BCUT2D eigenvalue weighted by Gasteiger charge is 2.10. The Bertz CT molecular complexity index is 521. The minimum Gasteiger partial charge on any atom is -0.478 e. The average molecular weight is 212 g/mol. The molecule has 0 aliphatic heterocycles. The SMILES string of the molecule is Cc1nc2ncc(C(=O)O)cn2c1Cl. The van der Waals surface area contributed by atoms with Gasteiger partial charge in [0, 0.05) is 12.4 Å². The number of carboxylic acids is 1. The van der Waals surface area contributed by atoms with Crippen LogP contribution in [0.1, 0.15) is 16.1 Å². The average Bonchev–Trinajstić information content (AvgIpc) is 2.43. The minimum atomic E-state index is -1.04. The summed E-state index contributed by atoms with van der Waals surface area (Å²) < 4.78 is 1.44. The van der Waals surface area contributed by atoms with E-state index in [-0.39, 0.29) is 5.56 Å². The van der Waals surface area contributed by atoms with Crippen LogP contribution in [0.25, 0.3) is 5.78 Å². The summed E-state index contributed by atoms with van der Waals surface area (Å²) in [6.07, 6.45) is 2.65. The van der Waals surface area contributed by atoms with Crippen molar-refractivity contribution in [2.75, 3.05) is 0 Å². The molecule has 5 nitrogen and oxygen atoms in total. The van der Waals surface area contributed by atoms with Crippen molar-refractivity contribution in [3.63, 3.8) is 0 Å². The molecule has 0 atom stereocenters. The number of rotatable bonds is 1. The van der Waals surface area contributed by atoms with Gasteiger partial charge in [0.15, 0.2) is 0 Å². The highest BCUT2D eigenvalue weighted by atomic mass is 35.5. The van der Waals surface area contributed by atoms with Crippen molar-refractivity contribution in [2.45, 2.75) is 6.92 Å². The first-order valence-electron chi connectivity index (χ1n) is 3.83. The molecule has 14 heavy (non-hydrogen) atoms. The standard InChI is InChI=1S/C8H6ClN3O2/c1-4-6(9)12-3-5(7(13)14)2-10-8(12)11-4/h2-3H,1H3,(H,13,14). The predicted octanol–water partition coefficient (Wildman–Crippen LogP) is 1.39. The highest BCUT2D eigenvalue weighted by Crippen LogP contribution is 2.16. The molecule has 0 aliphatic rings. The van der Waals surface area contributed by atoms with Crippen molar-refractivity contribution in [1.82, 2.24) is 14.4 Å². The third kappa shape index (κ3) is 1.22. The number of aromatic nitrogens is 3. The molecule has 0 aliphatic carbocycles. The molecule has 6 heteroatoms. The lowest BCUT2D eigenvalue weighted by Gasteiger charge is -1.96. The van der Waals surface area contributed by atoms with Gasteiger partial charge in [-0.05, 0) is 6.92 Å². The van der Waals surface area contributed by atoms with E-state index in [0.29, 0.717) is 16.6 Å². The Labute approximate surface area is 84.0 Å². The van der Waals surface area contributed by atoms with E-state index in [4.69, 9.17) is 16.7 Å². The number of nitrogens with zero attached hydrogens (tertiary/aromatic N) is 3. The third-order valence-electron chi connectivity index (χ3n) is 1.83. The molecule has 0 unspecified atom stereocenters. The van der Waals surface area contributed by atoms with E-state index in [0.717, 1.165) is 0 Å². The molecule has 0 amide bonds. The lowest BCUT2D eigenvalue weighted by Crippen LogP contribution is -2.00. The Hall–Kier alpha value is -1.62. The van der Waals surface area contributed by atoms with Gasteiger partial charge in [0.1, 0.15) is 5.15 Å². The number of fused-ring (bicyclic) bond motifs is 1. The van der Waals surface area contributed by atoms with Crippen molar-refractivity contribution in [3.05, 3.63) is 28.8 Å². The smallest absolute Gasteiger partial charge is 0.338 e. The largest absolute Gasteiger partial charge is 0.478 e. The molecule has 2 aromatic rings. The summed E-state index contributed by atoms with van der Waals surface area (Å²) in [5.41, 5.74) is 0.707. The first kappa shape index (κ1) is 8.96. The molecule has 0 bridgehead atoms. The summed E-state index contributed by atoms with van der Waals surface area (Å²) in [4.78, 5) is 18.6. The Morgan fingerprint density at radius 3 is 3.00 bits per heavy atom. The van der Waals surface area contributed by atoms with Gasteiger partial charge in [-0.3, -0.25) is 4.40 Å². The topological polar surface area (TPSA) is 67.5 Å². The predicted molar refractivity (Wildman–Crippen MR) is 49.7 cm³/mol. The monoisotopic (exact) mass is 211 g/mol. The van der Waals surface area contributed by atoms with Crippen LogP contribution in [-0.2, 0) is 0 Å². The summed E-state index contributed by atoms with van der Waals surface area (Å²) in [5.74, 6) is -0.640. The Balaban J connectivity index is 2.76. The molecule has 0 radical (unpaired) electrons. The second kappa shape index (κ2) is 2.95. The van der Waals surface area contributed by atoms with Gasteiger partial charge in [-0.25, -0.2) is 14.8 Å². The highest BCUT2D eigenvalue weighted by molar-refractivity contribution is 6.30. The van der Waals surface area contributed by atoms with E-state index in [1.807, 2.05) is 0 Å². The van der Waals surface area contributed by atoms with E-state index >= 15 is 0 Å². The molecule has 72 valence electrons. The number of halogens is 1. The molecular weight excluding hydrogens is 206 g/mol. The maximum Gasteiger partial charge on any atom is 0.338 e. The number of aryl methyl sites for hydroxylation is 1. The summed E-state index contributed by atoms with van der Waals surface area (Å²) in [7, 11) is 0. The van der Waals surface area contributed by atoms with Crippen LogP contribution in [0.4, 0.5) is 0 Å². The van der Waals surface area contributed by atoms with Gasteiger partial charge in [-0.1, -0.05) is 11.6 Å². The van der Waals surface area contributed by atoms with Crippen molar-refractivity contribution in [2.24, 2.45) is 0 Å². The maximum absolute atomic E-state index is 10.6. The molecule has 1 N–H and O–H groups in total. The Morgan fingerprint density at radius 2 is 2.36 bits per heavy atom. The van der Waals surface area contributed by atoms with Gasteiger partial charge in [0.2, 0.25) is 5.78 Å². The quantitative estimate of drug-likeness (QED) is 0.774. The van der Waals surface area contributed by atoms with Crippen LogP contribution in [0.3, 0.4) is 0 Å². The zero-order chi connectivity index (χ0) is 10.3. The Morgan fingerprint density at radius 1 is 1.64 bits per heavy atom. The molecule has 0 fully saturated rings. The van der Waals surface area contributed by atoms with Gasteiger partial charge >= 0.3 is 5.97 Å². The molecule has 2 rings (SSSR count). The van der Waals surface area contributed by atoms with Crippen LogP contribution in [0.5, 0.6) is 0 Å². The van der Waals surface area contributed by atoms with Crippen LogP contribution in [0.2, 0.25) is 5.15 Å². The minimum absolute atomic E-state index is 0.0804. The summed E-state index contributed by atoms with van der Waals surface area (Å²) >= 11 is 5.89. The van der Waals surface area contributed by atoms with Crippen molar-refractivity contribution >= 4 is 23.3 Å². The summed E-state index contributed by atoms with van der Waals surface area (Å²) in [6.45, 7) is 1.73. The lowest BCUT2D eigenvalue weighted by atomic mass is 10.3. The van der Waals surface area contributed by atoms with Gasteiger partial charge in [0.05, 0.1) is 11.3 Å². The van der Waals surface area contributed by atoms with Crippen molar-refractivity contribution in [3.8, 4) is 0 Å². The zero-order valence-corrected chi connectivity index (χ0v) is 7.99. The summed E-state index contributed by atoms with van der Waals surface area (Å²) in [5, 5.41) is 9.11. The fourth-order valence-corrected chi connectivity index (χ4v) is 1.29. The van der Waals surface area contributed by atoms with E-state index in [9.17, 15) is 4.79 Å². The van der Waals surface area contributed by atoms with Gasteiger partial charge in [0.25, 0.3) is 0 Å². The second-order valence-corrected chi connectivity index (χ2v) is 3.16. The molecule has 2 heterocycles. The van der Waals surface area contributed by atoms with Crippen LogP contribution in [-0.4, -0.2) is 25.4 Å². The van der Waals surface area contributed by atoms with Crippen molar-refractivity contribution in [1.29, 1.82) is 0 Å². The molecule has 0 spiro atoms. The summed E-state index contributed by atoms with van der Waals surface area (Å²) in [6, 6.07) is 0. The molecule has 0 aromatic carbocycles. The van der Waals surface area contributed by atoms with Crippen LogP contribution in [0.15, 0.2) is 12.4 Å². The number of carbonyl (C=O) groups is 1. The first-order valence-corrected chi connectivity index (χ1v) is 4.21. The number of hydrogen-bond donors (Lipinski definition) is 1. The molecule has 2 aromatic heterocycles. The van der Waals surface area contributed by atoms with Crippen LogP contribution < -0.4 is 0 Å². The number of imidazole rings is 1. The third-order valence-corrected chi connectivity index (χ3v) is 2.28. The second-order valence-electron chi connectivity index (χ2n) is 2.81.